The minimum atomic E-state index is -2.87. The van der Waals surface area contributed by atoms with Gasteiger partial charge in [-0.1, -0.05) is 48.2 Å². The first-order chi connectivity index (χ1) is 8.18. The topological polar surface area (TPSA) is 89.0 Å². The Morgan fingerprint density at radius 1 is 0.842 bits per heavy atom. The molecule has 0 saturated heterocycles. The van der Waals surface area contributed by atoms with Crippen LogP contribution in [0.25, 0.3) is 0 Å². The van der Waals surface area contributed by atoms with Crippen LogP contribution in [0.15, 0.2) is 70.5 Å². The van der Waals surface area contributed by atoms with E-state index < -0.39 is 8.25 Å². The van der Waals surface area contributed by atoms with Gasteiger partial charge in [0.25, 0.3) is 0 Å². The standard InChI is InChI=1S/C12H10S.Na.HO3P.H2O.H/c1-3-7-11(8-4-1)13-12-9-5-2-6-10-12;;1-4(2)3;;/h1-10H;;(H-,1,2,3);1H2;/q;+1;;;-1/p+1. The maximum absolute atomic E-state index is 8.70. The van der Waals surface area contributed by atoms with E-state index >= 15 is 0 Å². The van der Waals surface area contributed by atoms with E-state index in [4.69, 9.17) is 14.4 Å². The molecule has 0 bridgehead atoms. The molecular formula is C12H15NaO4PS+. The quantitative estimate of drug-likeness (QED) is 0.592. The van der Waals surface area contributed by atoms with Crippen LogP contribution in [0.5, 0.6) is 0 Å². The van der Waals surface area contributed by atoms with Gasteiger partial charge in [0, 0.05) is 14.4 Å². The summed E-state index contributed by atoms with van der Waals surface area (Å²) in [4.78, 5) is 16.8. The zero-order valence-corrected chi connectivity index (χ0v) is 14.1. The third kappa shape index (κ3) is 11.3. The average Bonchev–Trinajstić information content (AvgIpc) is 2.31. The Kier molecular flexibility index (Phi) is 14.2. The average molecular weight is 309 g/mol. The summed E-state index contributed by atoms with van der Waals surface area (Å²) in [6.45, 7) is 0. The molecule has 0 aliphatic carbocycles. The predicted molar refractivity (Wildman–Crippen MR) is 73.8 cm³/mol. The van der Waals surface area contributed by atoms with Crippen LogP contribution in [0.1, 0.15) is 1.43 Å². The van der Waals surface area contributed by atoms with Crippen molar-refractivity contribution in [3.05, 3.63) is 60.7 Å². The first kappa shape index (κ1) is 21.1. The van der Waals surface area contributed by atoms with E-state index in [1.165, 1.54) is 9.79 Å². The molecule has 2 rings (SSSR count). The van der Waals surface area contributed by atoms with Gasteiger partial charge < -0.3 is 6.90 Å². The van der Waals surface area contributed by atoms with Crippen molar-refractivity contribution in [1.29, 1.82) is 0 Å². The van der Waals surface area contributed by atoms with Crippen molar-refractivity contribution in [2.45, 2.75) is 9.79 Å². The van der Waals surface area contributed by atoms with Crippen LogP contribution >= 0.6 is 20.0 Å². The molecule has 0 atom stereocenters. The molecule has 0 saturated carbocycles. The maximum Gasteiger partial charge on any atom is 1.00 e. The number of rotatable bonds is 2. The Labute approximate surface area is 140 Å². The van der Waals surface area contributed by atoms with Gasteiger partial charge in [-0.05, 0) is 24.3 Å². The van der Waals surface area contributed by atoms with Crippen molar-refractivity contribution < 1.29 is 50.8 Å². The SMILES string of the molecule is O.O=[P+](O)O.[H-].[Na+].c1ccc(Sc2ccccc2)cc1. The molecule has 4 nitrogen and oxygen atoms in total. The Morgan fingerprint density at radius 3 is 1.37 bits per heavy atom. The Hall–Kier alpha value is -0.230. The van der Waals surface area contributed by atoms with Gasteiger partial charge in [-0.25, -0.2) is 0 Å². The van der Waals surface area contributed by atoms with Gasteiger partial charge in [0.2, 0.25) is 0 Å². The molecule has 4 N–H and O–H groups in total. The van der Waals surface area contributed by atoms with Crippen LogP contribution in [0.4, 0.5) is 0 Å². The van der Waals surface area contributed by atoms with Gasteiger partial charge in [-0.15, -0.1) is 9.79 Å². The van der Waals surface area contributed by atoms with Gasteiger partial charge in [0.1, 0.15) is 0 Å². The van der Waals surface area contributed by atoms with Crippen molar-refractivity contribution in [2.24, 2.45) is 0 Å². The van der Waals surface area contributed by atoms with E-state index in [1.807, 2.05) is 12.1 Å². The van der Waals surface area contributed by atoms with E-state index in [0.29, 0.717) is 0 Å². The Bertz CT molecular complexity index is 420. The normalized spacial score (nSPS) is 8.11. The molecule has 0 aromatic heterocycles. The van der Waals surface area contributed by atoms with Crippen LogP contribution < -0.4 is 29.6 Å². The first-order valence-electron chi connectivity index (χ1n) is 4.81. The molecule has 0 aliphatic heterocycles. The van der Waals surface area contributed by atoms with Crippen molar-refractivity contribution in [2.75, 3.05) is 0 Å². The molecule has 0 radical (unpaired) electrons. The zero-order valence-electron chi connectivity index (χ0n) is 11.4. The third-order valence-corrected chi connectivity index (χ3v) is 2.74. The molecule has 0 spiro atoms. The predicted octanol–water partition coefficient (Wildman–Crippen LogP) is -0.242. The van der Waals surface area contributed by atoms with Gasteiger partial charge in [-0.2, -0.15) is 0 Å². The van der Waals surface area contributed by atoms with E-state index in [9.17, 15) is 0 Å². The molecule has 0 fully saturated rings. The second-order valence-corrected chi connectivity index (χ2v) is 4.63. The number of hydrogen-bond acceptors (Lipinski definition) is 2. The minimum absolute atomic E-state index is 0. The second kappa shape index (κ2) is 12.8. The summed E-state index contributed by atoms with van der Waals surface area (Å²) in [6.07, 6.45) is 0. The molecule has 2 aromatic carbocycles. The van der Waals surface area contributed by atoms with E-state index in [1.54, 1.807) is 11.8 Å². The fraction of sp³-hybridized carbons (Fsp3) is 0. The minimum Gasteiger partial charge on any atom is -1.00 e. The van der Waals surface area contributed by atoms with E-state index in [2.05, 4.69) is 48.5 Å². The van der Waals surface area contributed by atoms with E-state index in [0.717, 1.165) is 0 Å². The summed E-state index contributed by atoms with van der Waals surface area (Å²) < 4.78 is 8.70. The molecular weight excluding hydrogens is 294 g/mol. The largest absolute Gasteiger partial charge is 1.00 e. The number of benzene rings is 2. The molecule has 7 heteroatoms. The van der Waals surface area contributed by atoms with Crippen LogP contribution in [-0.2, 0) is 4.57 Å². The van der Waals surface area contributed by atoms with Crippen molar-refractivity contribution in [3.8, 4) is 0 Å². The Morgan fingerprint density at radius 2 is 1.11 bits per heavy atom. The molecule has 0 amide bonds. The fourth-order valence-corrected chi connectivity index (χ4v) is 1.97. The van der Waals surface area contributed by atoms with E-state index in [-0.39, 0.29) is 36.5 Å². The van der Waals surface area contributed by atoms with Gasteiger partial charge >= 0.3 is 37.8 Å². The summed E-state index contributed by atoms with van der Waals surface area (Å²) in [5.41, 5.74) is 0. The summed E-state index contributed by atoms with van der Waals surface area (Å²) in [7, 11) is -2.87. The first-order valence-corrected chi connectivity index (χ1v) is 6.79. The van der Waals surface area contributed by atoms with Crippen LogP contribution in [0.2, 0.25) is 0 Å². The van der Waals surface area contributed by atoms with Gasteiger partial charge in [0.15, 0.2) is 0 Å². The zero-order chi connectivity index (χ0) is 12.5. The van der Waals surface area contributed by atoms with Crippen LogP contribution in [-0.4, -0.2) is 15.3 Å². The second-order valence-electron chi connectivity index (χ2n) is 2.98. The van der Waals surface area contributed by atoms with Gasteiger partial charge in [-0.3, -0.25) is 0 Å². The third-order valence-electron chi connectivity index (χ3n) is 1.72. The smallest absolute Gasteiger partial charge is 1.00 e. The summed E-state index contributed by atoms with van der Waals surface area (Å²) >= 11 is 1.79. The van der Waals surface area contributed by atoms with Gasteiger partial charge in [0.05, 0.1) is 0 Å². The summed E-state index contributed by atoms with van der Waals surface area (Å²) in [5, 5.41) is 0. The summed E-state index contributed by atoms with van der Waals surface area (Å²) in [5.74, 6) is 0. The van der Waals surface area contributed by atoms with Crippen molar-refractivity contribution >= 4 is 20.0 Å². The maximum atomic E-state index is 8.70. The monoisotopic (exact) mass is 309 g/mol. The molecule has 2 aromatic rings. The molecule has 98 valence electrons. The summed E-state index contributed by atoms with van der Waals surface area (Å²) in [6, 6.07) is 20.8. The fourth-order valence-electron chi connectivity index (χ4n) is 1.11. The molecule has 0 unspecified atom stereocenters. The van der Waals surface area contributed by atoms with Crippen molar-refractivity contribution in [3.63, 3.8) is 0 Å². The van der Waals surface area contributed by atoms with Crippen LogP contribution in [0.3, 0.4) is 0 Å². The van der Waals surface area contributed by atoms with Crippen LogP contribution in [0, 0.1) is 0 Å². The Balaban J connectivity index is -0.000000372. The molecule has 0 aliphatic rings. The number of hydrogen-bond donors (Lipinski definition) is 2. The molecule has 0 heterocycles. The molecule has 19 heavy (non-hydrogen) atoms. The van der Waals surface area contributed by atoms with Crippen molar-refractivity contribution in [1.82, 2.24) is 0 Å².